The number of allylic oxidation sites excluding steroid dienone is 2. The topological polar surface area (TPSA) is 107 Å². The Hall–Kier alpha value is -2.66. The Bertz CT molecular complexity index is 757. The fourth-order valence-electron chi connectivity index (χ4n) is 4.99. The van der Waals surface area contributed by atoms with Crippen molar-refractivity contribution in [3.8, 4) is 12.3 Å². The number of likely N-dealkylation sites (tertiary alicyclic amines) is 1. The predicted molar refractivity (Wildman–Crippen MR) is 113 cm³/mol. The third-order valence-electron chi connectivity index (χ3n) is 6.51. The molecule has 1 aliphatic heterocycles. The van der Waals surface area contributed by atoms with Crippen LogP contribution < -0.4 is 5.32 Å². The Morgan fingerprint density at radius 1 is 1.13 bits per heavy atom. The first-order chi connectivity index (χ1) is 15.0. The molecule has 8 nitrogen and oxygen atoms in total. The van der Waals surface area contributed by atoms with E-state index in [4.69, 9.17) is 11.5 Å². The number of carbonyl (C=O) groups is 4. The van der Waals surface area contributed by atoms with Gasteiger partial charge < -0.3 is 15.3 Å². The molecule has 4 atom stereocenters. The minimum Gasteiger partial charge on any atom is -0.395 e. The molecule has 2 aliphatic carbocycles. The molecule has 3 aliphatic rings. The quantitative estimate of drug-likeness (QED) is 0.201. The van der Waals surface area contributed by atoms with Gasteiger partial charge in [0.25, 0.3) is 0 Å². The maximum Gasteiger partial charge on any atom is 0.233 e. The Morgan fingerprint density at radius 3 is 2.42 bits per heavy atom. The summed E-state index contributed by atoms with van der Waals surface area (Å²) in [5.41, 5.74) is 0. The molecule has 4 amide bonds. The number of aliphatic hydroxyl groups excluding tert-OH is 1. The molecule has 1 saturated heterocycles. The largest absolute Gasteiger partial charge is 0.395 e. The van der Waals surface area contributed by atoms with E-state index >= 15 is 0 Å². The first-order valence-corrected chi connectivity index (χ1v) is 11.1. The molecule has 31 heavy (non-hydrogen) atoms. The van der Waals surface area contributed by atoms with E-state index in [9.17, 15) is 19.2 Å². The summed E-state index contributed by atoms with van der Waals surface area (Å²) >= 11 is 0. The Labute approximate surface area is 183 Å². The van der Waals surface area contributed by atoms with E-state index in [-0.39, 0.29) is 80.0 Å². The monoisotopic (exact) mass is 429 g/mol. The van der Waals surface area contributed by atoms with E-state index < -0.39 is 0 Å². The molecule has 3 rings (SSSR count). The third kappa shape index (κ3) is 5.16. The van der Waals surface area contributed by atoms with Gasteiger partial charge in [0.2, 0.25) is 23.6 Å². The van der Waals surface area contributed by atoms with Crippen molar-refractivity contribution in [3.63, 3.8) is 0 Å². The van der Waals surface area contributed by atoms with Gasteiger partial charge in [-0.3, -0.25) is 24.1 Å². The fraction of sp³-hybridized carbons (Fsp3) is 0.652. The zero-order chi connectivity index (χ0) is 22.4. The summed E-state index contributed by atoms with van der Waals surface area (Å²) < 4.78 is 0. The SMILES string of the molecule is C#CCN(CCC(=O)NCCO)C(=O)CCCCCN1C(=O)C2C3C=CC(C3)C2C1=O. The standard InChI is InChI=1S/C23H31N3O5/c1-2-11-25(13-9-18(28)24-10-14-27)19(29)6-4-3-5-12-26-22(30)20-16-7-8-17(15-16)21(20)23(26)31/h1,7-8,16-17,20-21,27H,3-6,9-15H2,(H,24,28). The average Bonchev–Trinajstić information content (AvgIpc) is 3.44. The van der Waals surface area contributed by atoms with Gasteiger partial charge in [0, 0.05) is 32.5 Å². The van der Waals surface area contributed by atoms with Crippen molar-refractivity contribution in [2.45, 2.75) is 38.5 Å². The molecule has 1 saturated carbocycles. The van der Waals surface area contributed by atoms with Gasteiger partial charge in [-0.05, 0) is 31.1 Å². The summed E-state index contributed by atoms with van der Waals surface area (Å²) in [6, 6.07) is 0. The highest BCUT2D eigenvalue weighted by molar-refractivity contribution is 6.06. The van der Waals surface area contributed by atoms with Crippen LogP contribution >= 0.6 is 0 Å². The van der Waals surface area contributed by atoms with Crippen molar-refractivity contribution in [2.24, 2.45) is 23.7 Å². The van der Waals surface area contributed by atoms with Crippen LogP contribution in [0.5, 0.6) is 0 Å². The number of nitrogens with one attached hydrogen (secondary N) is 1. The number of carbonyl (C=O) groups excluding carboxylic acids is 4. The number of fused-ring (bicyclic) bond motifs is 5. The zero-order valence-corrected chi connectivity index (χ0v) is 17.8. The smallest absolute Gasteiger partial charge is 0.233 e. The van der Waals surface area contributed by atoms with Gasteiger partial charge in [-0.2, -0.15) is 0 Å². The molecule has 4 unspecified atom stereocenters. The number of amides is 4. The van der Waals surface area contributed by atoms with E-state index in [1.807, 2.05) is 0 Å². The summed E-state index contributed by atoms with van der Waals surface area (Å²) in [4.78, 5) is 52.3. The molecule has 0 spiro atoms. The van der Waals surface area contributed by atoms with Crippen LogP contribution in [0.3, 0.4) is 0 Å². The molecule has 168 valence electrons. The van der Waals surface area contributed by atoms with Gasteiger partial charge in [-0.25, -0.2) is 0 Å². The van der Waals surface area contributed by atoms with Crippen LogP contribution in [0.2, 0.25) is 0 Å². The molecule has 8 heteroatoms. The number of nitrogens with zero attached hydrogens (tertiary/aromatic N) is 2. The van der Waals surface area contributed by atoms with Crippen molar-refractivity contribution in [3.05, 3.63) is 12.2 Å². The van der Waals surface area contributed by atoms with Crippen molar-refractivity contribution < 1.29 is 24.3 Å². The molecule has 1 heterocycles. The van der Waals surface area contributed by atoms with Crippen LogP contribution in [0.4, 0.5) is 0 Å². The number of terminal acetylenes is 1. The normalized spacial score (nSPS) is 25.6. The van der Waals surface area contributed by atoms with E-state index in [0.717, 1.165) is 12.8 Å². The van der Waals surface area contributed by atoms with Crippen molar-refractivity contribution in [1.82, 2.24) is 15.1 Å². The summed E-state index contributed by atoms with van der Waals surface area (Å²) in [6.07, 6.45) is 12.9. The lowest BCUT2D eigenvalue weighted by Gasteiger charge is -2.20. The Morgan fingerprint density at radius 2 is 1.81 bits per heavy atom. The van der Waals surface area contributed by atoms with Crippen molar-refractivity contribution in [2.75, 3.05) is 32.8 Å². The minimum absolute atomic E-state index is 0.0254. The second kappa shape index (κ2) is 10.6. The highest BCUT2D eigenvalue weighted by atomic mass is 16.3. The predicted octanol–water partition coefficient (Wildman–Crippen LogP) is 0.314. The van der Waals surface area contributed by atoms with Gasteiger partial charge in [0.15, 0.2) is 0 Å². The summed E-state index contributed by atoms with van der Waals surface area (Å²) in [5.74, 6) is 2.18. The highest BCUT2D eigenvalue weighted by Crippen LogP contribution is 2.52. The van der Waals surface area contributed by atoms with Crippen LogP contribution in [0.25, 0.3) is 0 Å². The number of rotatable bonds is 12. The first-order valence-electron chi connectivity index (χ1n) is 11.1. The lowest BCUT2D eigenvalue weighted by molar-refractivity contribution is -0.141. The Balaban J connectivity index is 1.35. The molecular weight excluding hydrogens is 398 g/mol. The average molecular weight is 430 g/mol. The maximum absolute atomic E-state index is 12.7. The van der Waals surface area contributed by atoms with Crippen molar-refractivity contribution in [1.29, 1.82) is 0 Å². The molecule has 2 bridgehead atoms. The van der Waals surface area contributed by atoms with Crippen LogP contribution in [0, 0.1) is 36.0 Å². The number of unbranched alkanes of at least 4 members (excludes halogenated alkanes) is 2. The lowest BCUT2D eigenvalue weighted by atomic mass is 9.85. The van der Waals surface area contributed by atoms with Crippen LogP contribution in [-0.4, -0.2) is 71.3 Å². The Kier molecular flexibility index (Phi) is 7.85. The van der Waals surface area contributed by atoms with E-state index in [1.165, 1.54) is 9.80 Å². The fourth-order valence-corrected chi connectivity index (χ4v) is 4.99. The molecule has 0 aromatic rings. The van der Waals surface area contributed by atoms with Gasteiger partial charge in [0.1, 0.15) is 0 Å². The van der Waals surface area contributed by atoms with Gasteiger partial charge in [0.05, 0.1) is 25.0 Å². The number of aliphatic hydroxyl groups is 1. The summed E-state index contributed by atoms with van der Waals surface area (Å²) in [7, 11) is 0. The second-order valence-electron chi connectivity index (χ2n) is 8.48. The van der Waals surface area contributed by atoms with Crippen LogP contribution in [0.15, 0.2) is 12.2 Å². The van der Waals surface area contributed by atoms with Crippen molar-refractivity contribution >= 4 is 23.6 Å². The van der Waals surface area contributed by atoms with E-state index in [0.29, 0.717) is 25.8 Å². The molecule has 0 aromatic heterocycles. The first kappa shape index (κ1) is 23.0. The van der Waals surface area contributed by atoms with E-state index in [1.54, 1.807) is 0 Å². The number of hydrogen-bond donors (Lipinski definition) is 2. The third-order valence-corrected chi connectivity index (χ3v) is 6.51. The molecule has 2 fully saturated rings. The minimum atomic E-state index is -0.239. The highest BCUT2D eigenvalue weighted by Gasteiger charge is 2.58. The second-order valence-corrected chi connectivity index (χ2v) is 8.48. The van der Waals surface area contributed by atoms with Gasteiger partial charge in [-0.15, -0.1) is 6.42 Å². The molecular formula is C23H31N3O5. The van der Waals surface area contributed by atoms with E-state index in [2.05, 4.69) is 23.4 Å². The molecule has 0 radical (unpaired) electrons. The van der Waals surface area contributed by atoms with Crippen LogP contribution in [-0.2, 0) is 19.2 Å². The summed E-state index contributed by atoms with van der Waals surface area (Å²) in [5, 5.41) is 11.3. The van der Waals surface area contributed by atoms with Crippen LogP contribution in [0.1, 0.15) is 38.5 Å². The number of imide groups is 1. The number of hydrogen-bond acceptors (Lipinski definition) is 5. The zero-order valence-electron chi connectivity index (χ0n) is 17.8. The molecule has 0 aromatic carbocycles. The van der Waals surface area contributed by atoms with Gasteiger partial charge in [-0.1, -0.05) is 24.5 Å². The molecule has 2 N–H and O–H groups in total. The maximum atomic E-state index is 12.7. The summed E-state index contributed by atoms with van der Waals surface area (Å²) in [6.45, 7) is 0.839. The lowest BCUT2D eigenvalue weighted by Crippen LogP contribution is -2.36. The van der Waals surface area contributed by atoms with Gasteiger partial charge >= 0.3 is 0 Å².